The van der Waals surface area contributed by atoms with Gasteiger partial charge in [-0.3, -0.25) is 10.5 Å². The fraction of sp³-hybridized carbons (Fsp3) is 0.857. The summed E-state index contributed by atoms with van der Waals surface area (Å²) in [5, 5.41) is 0. The van der Waals surface area contributed by atoms with Crippen molar-refractivity contribution >= 4 is 5.91 Å². The highest BCUT2D eigenvalue weighted by molar-refractivity contribution is 5.76. The highest BCUT2D eigenvalue weighted by Gasteiger charge is 2.26. The molecule has 0 bridgehead atoms. The topological polar surface area (TPSA) is 66.9 Å². The Kier molecular flexibility index (Phi) is 2.27. The molecule has 0 heterocycles. The highest BCUT2D eigenvalue weighted by Crippen LogP contribution is 2.22. The molecule has 0 aromatic carbocycles. The largest absolute Gasteiger partial charge is 0.327 e. The summed E-state index contributed by atoms with van der Waals surface area (Å²) in [7, 11) is 0. The van der Waals surface area contributed by atoms with E-state index in [-0.39, 0.29) is 12.0 Å². The maximum atomic E-state index is 10.6. The lowest BCUT2D eigenvalue weighted by atomic mass is 9.85. The van der Waals surface area contributed by atoms with Gasteiger partial charge in [-0.15, -0.1) is 0 Å². The molecule has 1 aliphatic rings. The summed E-state index contributed by atoms with van der Waals surface area (Å²) < 4.78 is 0. The number of amides is 1. The van der Waals surface area contributed by atoms with Gasteiger partial charge in [-0.1, -0.05) is 12.8 Å². The van der Waals surface area contributed by atoms with Gasteiger partial charge in [0.15, 0.2) is 0 Å². The molecule has 3 heteroatoms. The van der Waals surface area contributed by atoms with E-state index >= 15 is 0 Å². The van der Waals surface area contributed by atoms with Crippen LogP contribution >= 0.6 is 0 Å². The average molecular weight is 141 g/mol. The summed E-state index contributed by atoms with van der Waals surface area (Å²) in [5.41, 5.74) is 12.5. The van der Waals surface area contributed by atoms with E-state index in [0.717, 1.165) is 25.7 Å². The Morgan fingerprint density at radius 1 is 1.40 bits per heavy atom. The predicted octanol–water partition coefficient (Wildman–Crippen LogP) is 0.313. The zero-order chi connectivity index (χ0) is 7.56. The van der Waals surface area contributed by atoms with Crippen LogP contribution in [0.25, 0.3) is 0 Å². The molecule has 1 fully saturated rings. The van der Waals surface area contributed by atoms with Gasteiger partial charge < -0.3 is 5.73 Å². The zero-order valence-electron chi connectivity index (χ0n) is 5.97. The molecule has 3 nitrogen and oxygen atoms in total. The summed E-state index contributed by atoms with van der Waals surface area (Å²) in [5.74, 6) is -0.652. The molecule has 1 radical (unpaired) electrons. The first-order valence-electron chi connectivity index (χ1n) is 3.73. The van der Waals surface area contributed by atoms with Crippen LogP contribution in [0.3, 0.4) is 0 Å². The smallest absolute Gasteiger partial charge is 0.243 e. The SMILES string of the molecule is [NH]C(=O)[C@H]1CCCC[C@@H]1N. The molecule has 57 valence electrons. The third-order valence-corrected chi connectivity index (χ3v) is 2.16. The maximum Gasteiger partial charge on any atom is 0.243 e. The second-order valence-electron chi connectivity index (χ2n) is 2.92. The number of hydrogen-bond acceptors (Lipinski definition) is 2. The molecule has 0 saturated heterocycles. The van der Waals surface area contributed by atoms with Gasteiger partial charge in [-0.2, -0.15) is 0 Å². The Hall–Kier alpha value is -0.570. The van der Waals surface area contributed by atoms with E-state index in [1.807, 2.05) is 0 Å². The van der Waals surface area contributed by atoms with Crippen molar-refractivity contribution in [1.29, 1.82) is 0 Å². The quantitative estimate of drug-likeness (QED) is 0.571. The molecular weight excluding hydrogens is 128 g/mol. The number of nitrogens with two attached hydrogens (primary N) is 1. The Morgan fingerprint density at radius 2 is 2.00 bits per heavy atom. The van der Waals surface area contributed by atoms with Crippen LogP contribution in [0.2, 0.25) is 0 Å². The molecule has 0 spiro atoms. The van der Waals surface area contributed by atoms with Gasteiger partial charge in [-0.05, 0) is 12.8 Å². The minimum atomic E-state index is -0.479. The molecule has 2 atom stereocenters. The molecule has 10 heavy (non-hydrogen) atoms. The van der Waals surface area contributed by atoms with E-state index in [9.17, 15) is 4.79 Å². The molecule has 1 aliphatic carbocycles. The van der Waals surface area contributed by atoms with E-state index in [0.29, 0.717) is 0 Å². The van der Waals surface area contributed by atoms with Gasteiger partial charge in [-0.25, -0.2) is 0 Å². The van der Waals surface area contributed by atoms with Gasteiger partial charge in [0.05, 0.1) is 5.92 Å². The fourth-order valence-corrected chi connectivity index (χ4v) is 1.49. The van der Waals surface area contributed by atoms with Crippen LogP contribution in [-0.4, -0.2) is 11.9 Å². The first kappa shape index (κ1) is 7.54. The Labute approximate surface area is 60.8 Å². The van der Waals surface area contributed by atoms with Crippen molar-refractivity contribution in [3.05, 3.63) is 0 Å². The Bertz CT molecular complexity index is 136. The standard InChI is InChI=1S/C7H13N2O/c8-6-4-2-1-3-5(6)7(9)10/h5-6,9H,1-4,8H2/t5-,6-/m0/s1. The second-order valence-corrected chi connectivity index (χ2v) is 2.92. The lowest BCUT2D eigenvalue weighted by molar-refractivity contribution is -0.123. The first-order valence-corrected chi connectivity index (χ1v) is 3.73. The van der Waals surface area contributed by atoms with Crippen LogP contribution in [0, 0.1) is 5.92 Å². The minimum absolute atomic E-state index is 0.0428. The van der Waals surface area contributed by atoms with E-state index < -0.39 is 5.91 Å². The van der Waals surface area contributed by atoms with Crippen LogP contribution in [0.15, 0.2) is 0 Å². The molecule has 1 saturated carbocycles. The third-order valence-electron chi connectivity index (χ3n) is 2.16. The van der Waals surface area contributed by atoms with Gasteiger partial charge in [0.1, 0.15) is 0 Å². The van der Waals surface area contributed by atoms with Crippen molar-refractivity contribution in [3.8, 4) is 0 Å². The molecule has 0 aliphatic heterocycles. The van der Waals surface area contributed by atoms with Crippen molar-refractivity contribution in [2.45, 2.75) is 31.7 Å². The van der Waals surface area contributed by atoms with E-state index in [1.54, 1.807) is 0 Å². The molecule has 3 N–H and O–H groups in total. The fourth-order valence-electron chi connectivity index (χ4n) is 1.49. The molecule has 0 aromatic heterocycles. The zero-order valence-corrected chi connectivity index (χ0v) is 5.97. The number of nitrogens with one attached hydrogen (secondary N) is 1. The Balaban J connectivity index is 2.47. The number of hydrogen-bond donors (Lipinski definition) is 1. The van der Waals surface area contributed by atoms with E-state index in [2.05, 4.69) is 0 Å². The van der Waals surface area contributed by atoms with Crippen molar-refractivity contribution in [2.75, 3.05) is 0 Å². The lowest BCUT2D eigenvalue weighted by Crippen LogP contribution is -2.38. The number of carbonyl (C=O) groups is 1. The van der Waals surface area contributed by atoms with Crippen LogP contribution < -0.4 is 11.5 Å². The molecule has 1 amide bonds. The predicted molar refractivity (Wildman–Crippen MR) is 38.0 cm³/mol. The minimum Gasteiger partial charge on any atom is -0.327 e. The molecule has 1 rings (SSSR count). The van der Waals surface area contributed by atoms with E-state index in [1.165, 1.54) is 0 Å². The van der Waals surface area contributed by atoms with Crippen LogP contribution in [-0.2, 0) is 4.79 Å². The molecule has 0 aromatic rings. The van der Waals surface area contributed by atoms with Crippen molar-refractivity contribution in [3.63, 3.8) is 0 Å². The van der Waals surface area contributed by atoms with Crippen molar-refractivity contribution in [2.24, 2.45) is 11.7 Å². The third kappa shape index (κ3) is 1.48. The van der Waals surface area contributed by atoms with Gasteiger partial charge in [0.2, 0.25) is 5.91 Å². The number of rotatable bonds is 1. The number of carbonyl (C=O) groups excluding carboxylic acids is 1. The van der Waals surface area contributed by atoms with Crippen LogP contribution in [0.1, 0.15) is 25.7 Å². The lowest BCUT2D eigenvalue weighted by Gasteiger charge is -2.24. The first-order chi connectivity index (χ1) is 4.72. The van der Waals surface area contributed by atoms with Crippen molar-refractivity contribution in [1.82, 2.24) is 5.73 Å². The summed E-state index contributed by atoms with van der Waals surface area (Å²) >= 11 is 0. The van der Waals surface area contributed by atoms with E-state index in [4.69, 9.17) is 11.5 Å². The highest BCUT2D eigenvalue weighted by atomic mass is 16.1. The summed E-state index contributed by atoms with van der Waals surface area (Å²) in [6.45, 7) is 0. The second kappa shape index (κ2) is 3.01. The summed E-state index contributed by atoms with van der Waals surface area (Å²) in [4.78, 5) is 10.6. The monoisotopic (exact) mass is 141 g/mol. The van der Waals surface area contributed by atoms with Crippen LogP contribution in [0.5, 0.6) is 0 Å². The Morgan fingerprint density at radius 3 is 2.40 bits per heavy atom. The molecular formula is C7H13N2O. The average Bonchev–Trinajstić information content (AvgIpc) is 1.88. The van der Waals surface area contributed by atoms with Gasteiger partial charge >= 0.3 is 0 Å². The van der Waals surface area contributed by atoms with Crippen molar-refractivity contribution < 1.29 is 4.79 Å². The molecule has 0 unspecified atom stereocenters. The van der Waals surface area contributed by atoms with Gasteiger partial charge in [0.25, 0.3) is 0 Å². The normalized spacial score (nSPS) is 33.7. The maximum absolute atomic E-state index is 10.6. The van der Waals surface area contributed by atoms with Crippen LogP contribution in [0.4, 0.5) is 0 Å². The van der Waals surface area contributed by atoms with Gasteiger partial charge in [0, 0.05) is 6.04 Å². The summed E-state index contributed by atoms with van der Waals surface area (Å²) in [6, 6.07) is -0.0428. The summed E-state index contributed by atoms with van der Waals surface area (Å²) in [6.07, 6.45) is 3.91.